The zero-order chi connectivity index (χ0) is 14.7. The van der Waals surface area contributed by atoms with Crippen molar-refractivity contribution in [2.75, 3.05) is 19.4 Å². The summed E-state index contributed by atoms with van der Waals surface area (Å²) in [5.74, 6) is 0.817. The summed E-state index contributed by atoms with van der Waals surface area (Å²) in [6.45, 7) is 0.525. The average Bonchev–Trinajstić information content (AvgIpc) is 2.81. The van der Waals surface area contributed by atoms with Crippen LogP contribution in [0.4, 0.5) is 5.69 Å². The van der Waals surface area contributed by atoms with Gasteiger partial charge in [0.05, 0.1) is 12.1 Å². The van der Waals surface area contributed by atoms with Crippen molar-refractivity contribution in [2.24, 2.45) is 7.05 Å². The molecule has 0 fully saturated rings. The van der Waals surface area contributed by atoms with E-state index in [1.807, 2.05) is 17.8 Å². The van der Waals surface area contributed by atoms with Crippen LogP contribution in [0.3, 0.4) is 0 Å². The summed E-state index contributed by atoms with van der Waals surface area (Å²) in [5.41, 5.74) is 1.30. The summed E-state index contributed by atoms with van der Waals surface area (Å²) in [5, 5.41) is 3.80. The second-order valence-corrected chi connectivity index (χ2v) is 5.13. The lowest BCUT2D eigenvalue weighted by atomic mass is 10.1. The van der Waals surface area contributed by atoms with Crippen molar-refractivity contribution < 1.29 is 4.79 Å². The number of amides is 1. The van der Waals surface area contributed by atoms with Gasteiger partial charge >= 0.3 is 0 Å². The summed E-state index contributed by atoms with van der Waals surface area (Å²) in [4.78, 5) is 17.9. The number of rotatable bonds is 4. The summed E-state index contributed by atoms with van der Waals surface area (Å²) in [6, 6.07) is 5.19. The lowest BCUT2D eigenvalue weighted by molar-refractivity contribution is 0.0828. The van der Waals surface area contributed by atoms with Crippen LogP contribution in [0.1, 0.15) is 16.2 Å². The van der Waals surface area contributed by atoms with Gasteiger partial charge in [0.25, 0.3) is 5.91 Å². The van der Waals surface area contributed by atoms with Gasteiger partial charge in [0, 0.05) is 44.2 Å². The molecule has 0 aliphatic rings. The molecule has 106 valence electrons. The van der Waals surface area contributed by atoms with E-state index in [0.29, 0.717) is 22.8 Å². The number of benzene rings is 1. The van der Waals surface area contributed by atoms with Gasteiger partial charge < -0.3 is 14.8 Å². The van der Waals surface area contributed by atoms with E-state index in [-0.39, 0.29) is 5.91 Å². The van der Waals surface area contributed by atoms with Gasteiger partial charge in [-0.1, -0.05) is 11.6 Å². The number of aromatic nitrogens is 2. The Morgan fingerprint density at radius 1 is 1.45 bits per heavy atom. The topological polar surface area (TPSA) is 50.2 Å². The standard InChI is InChI=1S/C14H17ClN4O/c1-18(2)14(20)11-5-4-10(15)8-12(11)17-9-13-16-6-7-19(13)3/h4-8,17H,9H2,1-3H3. The monoisotopic (exact) mass is 292 g/mol. The fraction of sp³-hybridized carbons (Fsp3) is 0.286. The van der Waals surface area contributed by atoms with Gasteiger partial charge in [0.2, 0.25) is 0 Å². The minimum atomic E-state index is -0.0657. The Labute approximate surface area is 123 Å². The second kappa shape index (κ2) is 5.96. The van der Waals surface area contributed by atoms with Crippen LogP contribution < -0.4 is 5.32 Å². The Hall–Kier alpha value is -2.01. The maximum atomic E-state index is 12.1. The molecule has 1 aromatic carbocycles. The number of halogens is 1. The van der Waals surface area contributed by atoms with Crippen molar-refractivity contribution in [2.45, 2.75) is 6.54 Å². The highest BCUT2D eigenvalue weighted by atomic mass is 35.5. The SMILES string of the molecule is CN(C)C(=O)c1ccc(Cl)cc1NCc1nccn1C. The first-order valence-corrected chi connectivity index (χ1v) is 6.58. The van der Waals surface area contributed by atoms with Crippen LogP contribution in [0, 0.1) is 0 Å². The summed E-state index contributed by atoms with van der Waals surface area (Å²) < 4.78 is 1.92. The molecule has 20 heavy (non-hydrogen) atoms. The fourth-order valence-corrected chi connectivity index (χ4v) is 2.00. The molecule has 1 aromatic heterocycles. The van der Waals surface area contributed by atoms with E-state index in [4.69, 9.17) is 11.6 Å². The maximum Gasteiger partial charge on any atom is 0.255 e. The van der Waals surface area contributed by atoms with E-state index >= 15 is 0 Å². The smallest absolute Gasteiger partial charge is 0.255 e. The Morgan fingerprint density at radius 3 is 2.80 bits per heavy atom. The Balaban J connectivity index is 2.24. The quantitative estimate of drug-likeness (QED) is 0.941. The van der Waals surface area contributed by atoms with Crippen molar-refractivity contribution in [3.05, 3.63) is 47.0 Å². The number of hydrogen-bond donors (Lipinski definition) is 1. The number of carbonyl (C=O) groups excluding carboxylic acids is 1. The van der Waals surface area contributed by atoms with E-state index in [2.05, 4.69) is 10.3 Å². The van der Waals surface area contributed by atoms with Crippen molar-refractivity contribution in [1.29, 1.82) is 0 Å². The molecule has 0 saturated heterocycles. The van der Waals surface area contributed by atoms with Crippen LogP contribution in [0.15, 0.2) is 30.6 Å². The molecular weight excluding hydrogens is 276 g/mol. The number of nitrogens with zero attached hydrogens (tertiary/aromatic N) is 3. The number of aryl methyl sites for hydroxylation is 1. The molecular formula is C14H17ClN4O. The van der Waals surface area contributed by atoms with Gasteiger partial charge in [-0.3, -0.25) is 4.79 Å². The van der Waals surface area contributed by atoms with E-state index in [1.165, 1.54) is 4.90 Å². The van der Waals surface area contributed by atoms with Gasteiger partial charge in [0.15, 0.2) is 0 Å². The molecule has 1 amide bonds. The molecule has 1 N–H and O–H groups in total. The van der Waals surface area contributed by atoms with Gasteiger partial charge in [-0.15, -0.1) is 0 Å². The number of anilines is 1. The molecule has 0 atom stereocenters. The Kier molecular flexibility index (Phi) is 4.29. The molecule has 1 heterocycles. The molecule has 0 radical (unpaired) electrons. The third-order valence-corrected chi connectivity index (χ3v) is 3.21. The lowest BCUT2D eigenvalue weighted by Crippen LogP contribution is -2.23. The predicted octanol–water partition coefficient (Wildman–Crippen LogP) is 2.39. The molecule has 6 heteroatoms. The second-order valence-electron chi connectivity index (χ2n) is 4.70. The van der Waals surface area contributed by atoms with Gasteiger partial charge in [-0.25, -0.2) is 4.98 Å². The lowest BCUT2D eigenvalue weighted by Gasteiger charge is -2.15. The van der Waals surface area contributed by atoms with Crippen molar-refractivity contribution in [3.63, 3.8) is 0 Å². The number of carbonyl (C=O) groups is 1. The van der Waals surface area contributed by atoms with Gasteiger partial charge in [-0.2, -0.15) is 0 Å². The molecule has 2 rings (SSSR count). The first-order valence-electron chi connectivity index (χ1n) is 6.20. The maximum absolute atomic E-state index is 12.1. The van der Waals surface area contributed by atoms with Crippen molar-refractivity contribution in [1.82, 2.24) is 14.5 Å². The van der Waals surface area contributed by atoms with Crippen LogP contribution in [-0.4, -0.2) is 34.5 Å². The first-order chi connectivity index (χ1) is 9.49. The number of nitrogens with one attached hydrogen (secondary N) is 1. The summed E-state index contributed by atoms with van der Waals surface area (Å²) in [7, 11) is 5.37. The molecule has 0 aliphatic carbocycles. The molecule has 5 nitrogen and oxygen atoms in total. The molecule has 0 saturated carbocycles. The zero-order valence-electron chi connectivity index (χ0n) is 11.7. The van der Waals surface area contributed by atoms with Crippen molar-refractivity contribution >= 4 is 23.2 Å². The molecule has 2 aromatic rings. The van der Waals surface area contributed by atoms with Crippen LogP contribution in [0.2, 0.25) is 5.02 Å². The summed E-state index contributed by atoms with van der Waals surface area (Å²) >= 11 is 6.01. The van der Waals surface area contributed by atoms with Crippen LogP contribution >= 0.6 is 11.6 Å². The van der Waals surface area contributed by atoms with E-state index in [0.717, 1.165) is 5.82 Å². The highest BCUT2D eigenvalue weighted by Gasteiger charge is 2.14. The highest BCUT2D eigenvalue weighted by Crippen LogP contribution is 2.22. The normalized spacial score (nSPS) is 10.4. The van der Waals surface area contributed by atoms with E-state index in [9.17, 15) is 4.79 Å². The molecule has 0 unspecified atom stereocenters. The first kappa shape index (κ1) is 14.4. The third-order valence-electron chi connectivity index (χ3n) is 2.98. The van der Waals surface area contributed by atoms with E-state index < -0.39 is 0 Å². The van der Waals surface area contributed by atoms with E-state index in [1.54, 1.807) is 38.5 Å². The third kappa shape index (κ3) is 3.11. The van der Waals surface area contributed by atoms with Crippen LogP contribution in [-0.2, 0) is 13.6 Å². The summed E-state index contributed by atoms with van der Waals surface area (Å²) in [6.07, 6.45) is 3.61. The van der Waals surface area contributed by atoms with Crippen molar-refractivity contribution in [3.8, 4) is 0 Å². The minimum absolute atomic E-state index is 0.0657. The van der Waals surface area contributed by atoms with Gasteiger partial charge in [-0.05, 0) is 18.2 Å². The Bertz CT molecular complexity index is 621. The fourth-order valence-electron chi connectivity index (χ4n) is 1.83. The highest BCUT2D eigenvalue weighted by molar-refractivity contribution is 6.31. The zero-order valence-corrected chi connectivity index (χ0v) is 12.5. The van der Waals surface area contributed by atoms with Crippen LogP contribution in [0.25, 0.3) is 0 Å². The minimum Gasteiger partial charge on any atom is -0.377 e. The Morgan fingerprint density at radius 2 is 2.20 bits per heavy atom. The average molecular weight is 293 g/mol. The number of hydrogen-bond acceptors (Lipinski definition) is 3. The molecule has 0 aliphatic heterocycles. The molecule has 0 bridgehead atoms. The van der Waals surface area contributed by atoms with Crippen LogP contribution in [0.5, 0.6) is 0 Å². The largest absolute Gasteiger partial charge is 0.377 e. The van der Waals surface area contributed by atoms with Gasteiger partial charge in [0.1, 0.15) is 5.82 Å². The number of imidazole rings is 1. The molecule has 0 spiro atoms. The predicted molar refractivity (Wildman–Crippen MR) is 80.0 cm³/mol.